The van der Waals surface area contributed by atoms with Crippen molar-refractivity contribution in [3.05, 3.63) is 45.6 Å². The molecule has 0 aliphatic heterocycles. The summed E-state index contributed by atoms with van der Waals surface area (Å²) in [5.74, 6) is -0.510. The van der Waals surface area contributed by atoms with Crippen molar-refractivity contribution >= 4 is 54.6 Å². The number of primary sulfonamides is 1. The van der Waals surface area contributed by atoms with Gasteiger partial charge < -0.3 is 11.1 Å². The molecule has 0 fully saturated rings. The van der Waals surface area contributed by atoms with Crippen LogP contribution in [-0.4, -0.2) is 8.42 Å². The van der Waals surface area contributed by atoms with Gasteiger partial charge in [-0.15, -0.1) is 0 Å². The first-order chi connectivity index (χ1) is 9.68. The summed E-state index contributed by atoms with van der Waals surface area (Å²) < 4.78 is 36.3. The molecular formula is C12H10BrClFN3O2S. The predicted molar refractivity (Wildman–Crippen MR) is 84.6 cm³/mol. The van der Waals surface area contributed by atoms with E-state index in [0.29, 0.717) is 10.2 Å². The number of anilines is 3. The summed E-state index contributed by atoms with van der Waals surface area (Å²) in [5.41, 5.74) is 6.71. The van der Waals surface area contributed by atoms with Gasteiger partial charge in [-0.1, -0.05) is 11.6 Å². The maximum absolute atomic E-state index is 13.2. The van der Waals surface area contributed by atoms with E-state index >= 15 is 0 Å². The van der Waals surface area contributed by atoms with Gasteiger partial charge in [-0.25, -0.2) is 17.9 Å². The second-order valence-corrected chi connectivity index (χ2v) is 6.99. The zero-order valence-corrected chi connectivity index (χ0v) is 13.6. The van der Waals surface area contributed by atoms with Crippen LogP contribution >= 0.6 is 27.5 Å². The van der Waals surface area contributed by atoms with E-state index in [0.717, 1.165) is 6.07 Å². The molecule has 2 aromatic carbocycles. The van der Waals surface area contributed by atoms with E-state index < -0.39 is 15.8 Å². The van der Waals surface area contributed by atoms with Crippen molar-refractivity contribution in [1.29, 1.82) is 0 Å². The Balaban J connectivity index is 2.50. The summed E-state index contributed by atoms with van der Waals surface area (Å²) in [7, 11) is -3.86. The first kappa shape index (κ1) is 16.0. The maximum Gasteiger partial charge on any atom is 0.238 e. The number of hydrogen-bond donors (Lipinski definition) is 3. The van der Waals surface area contributed by atoms with Crippen LogP contribution in [0.15, 0.2) is 39.7 Å². The molecule has 5 N–H and O–H groups in total. The van der Waals surface area contributed by atoms with Crippen LogP contribution < -0.4 is 16.2 Å². The quantitative estimate of drug-likeness (QED) is 0.696. The molecule has 21 heavy (non-hydrogen) atoms. The highest BCUT2D eigenvalue weighted by atomic mass is 79.9. The Bertz CT molecular complexity index is 791. The zero-order valence-electron chi connectivity index (χ0n) is 10.4. The standard InChI is InChI=1S/C12H10BrClFN3O2S/c13-8-3-6(15)4-9(14)12(8)18-11-5-7(21(17,19)20)1-2-10(11)16/h1-5,18H,16H2,(H2,17,19,20). The molecule has 2 aromatic rings. The summed E-state index contributed by atoms with van der Waals surface area (Å²) >= 11 is 9.12. The Morgan fingerprint density at radius 2 is 1.90 bits per heavy atom. The Hall–Kier alpha value is -1.35. The van der Waals surface area contributed by atoms with Crippen molar-refractivity contribution in [2.75, 3.05) is 11.1 Å². The topological polar surface area (TPSA) is 98.2 Å². The number of benzene rings is 2. The van der Waals surface area contributed by atoms with Gasteiger partial charge in [0.05, 0.1) is 27.0 Å². The van der Waals surface area contributed by atoms with Crippen molar-refractivity contribution < 1.29 is 12.8 Å². The third-order valence-corrected chi connectivity index (χ3v) is 4.45. The molecule has 0 heterocycles. The summed E-state index contributed by atoms with van der Waals surface area (Å²) in [6, 6.07) is 6.30. The lowest BCUT2D eigenvalue weighted by Gasteiger charge is -2.13. The zero-order chi connectivity index (χ0) is 15.8. The van der Waals surface area contributed by atoms with Gasteiger partial charge >= 0.3 is 0 Å². The number of nitrogens with one attached hydrogen (secondary N) is 1. The molecule has 0 saturated carbocycles. The van der Waals surface area contributed by atoms with Gasteiger partial charge in [-0.05, 0) is 46.3 Å². The highest BCUT2D eigenvalue weighted by Gasteiger charge is 2.13. The van der Waals surface area contributed by atoms with Gasteiger partial charge in [-0.2, -0.15) is 0 Å². The molecule has 5 nitrogen and oxygen atoms in total. The molecule has 0 atom stereocenters. The van der Waals surface area contributed by atoms with E-state index in [2.05, 4.69) is 21.2 Å². The molecule has 0 spiro atoms. The lowest BCUT2D eigenvalue weighted by Crippen LogP contribution is -2.12. The van der Waals surface area contributed by atoms with Crippen LogP contribution in [-0.2, 0) is 10.0 Å². The Morgan fingerprint density at radius 3 is 2.48 bits per heavy atom. The Morgan fingerprint density at radius 1 is 1.24 bits per heavy atom. The average Bonchev–Trinajstić information content (AvgIpc) is 2.34. The molecule has 9 heteroatoms. The van der Waals surface area contributed by atoms with E-state index in [4.69, 9.17) is 22.5 Å². The molecule has 0 amide bonds. The normalized spacial score (nSPS) is 11.4. The lowest BCUT2D eigenvalue weighted by molar-refractivity contribution is 0.598. The minimum Gasteiger partial charge on any atom is -0.397 e. The largest absolute Gasteiger partial charge is 0.397 e. The molecule has 0 aromatic heterocycles. The number of rotatable bonds is 3. The first-order valence-corrected chi connectivity index (χ1v) is 8.24. The second-order valence-electron chi connectivity index (χ2n) is 4.16. The molecule has 0 bridgehead atoms. The number of nitrogens with two attached hydrogens (primary N) is 2. The first-order valence-electron chi connectivity index (χ1n) is 5.52. The van der Waals surface area contributed by atoms with E-state index in [9.17, 15) is 12.8 Å². The van der Waals surface area contributed by atoms with Gasteiger partial charge in [0.2, 0.25) is 10.0 Å². The van der Waals surface area contributed by atoms with Gasteiger partial charge in [0.1, 0.15) is 5.82 Å². The number of hydrogen-bond acceptors (Lipinski definition) is 4. The van der Waals surface area contributed by atoms with E-state index in [1.165, 1.54) is 24.3 Å². The summed E-state index contributed by atoms with van der Waals surface area (Å²) in [4.78, 5) is -0.103. The maximum atomic E-state index is 13.2. The minimum atomic E-state index is -3.86. The van der Waals surface area contributed by atoms with Crippen molar-refractivity contribution in [1.82, 2.24) is 0 Å². The predicted octanol–water partition coefficient (Wildman–Crippen LogP) is 3.21. The molecule has 0 saturated heterocycles. The Labute approximate surface area is 134 Å². The van der Waals surface area contributed by atoms with Crippen molar-refractivity contribution in [3.8, 4) is 0 Å². The second kappa shape index (κ2) is 5.80. The van der Waals surface area contributed by atoms with Gasteiger partial charge in [0.15, 0.2) is 0 Å². The third kappa shape index (κ3) is 3.65. The molecule has 0 radical (unpaired) electrons. The van der Waals surface area contributed by atoms with Crippen LogP contribution in [0.5, 0.6) is 0 Å². The fraction of sp³-hybridized carbons (Fsp3) is 0. The number of sulfonamides is 1. The van der Waals surface area contributed by atoms with Gasteiger partial charge in [0, 0.05) is 4.47 Å². The number of nitrogen functional groups attached to an aromatic ring is 1. The van der Waals surface area contributed by atoms with Crippen LogP contribution in [0.25, 0.3) is 0 Å². The van der Waals surface area contributed by atoms with E-state index in [1.54, 1.807) is 0 Å². The van der Waals surface area contributed by atoms with Crippen molar-refractivity contribution in [2.24, 2.45) is 5.14 Å². The highest BCUT2D eigenvalue weighted by Crippen LogP contribution is 2.36. The van der Waals surface area contributed by atoms with E-state index in [1.807, 2.05) is 0 Å². The molecule has 0 aliphatic rings. The molecule has 0 aliphatic carbocycles. The Kier molecular flexibility index (Phi) is 4.43. The average molecular weight is 395 g/mol. The van der Waals surface area contributed by atoms with Crippen LogP contribution in [0.3, 0.4) is 0 Å². The van der Waals surface area contributed by atoms with Gasteiger partial charge in [0.25, 0.3) is 0 Å². The molecule has 2 rings (SSSR count). The van der Waals surface area contributed by atoms with Crippen molar-refractivity contribution in [2.45, 2.75) is 4.90 Å². The lowest BCUT2D eigenvalue weighted by atomic mass is 10.2. The van der Waals surface area contributed by atoms with Crippen LogP contribution in [0.2, 0.25) is 5.02 Å². The fourth-order valence-electron chi connectivity index (χ4n) is 1.62. The SMILES string of the molecule is Nc1ccc(S(N)(=O)=O)cc1Nc1c(Cl)cc(F)cc1Br. The third-order valence-electron chi connectivity index (χ3n) is 2.62. The highest BCUT2D eigenvalue weighted by molar-refractivity contribution is 9.10. The van der Waals surface area contributed by atoms with E-state index in [-0.39, 0.29) is 21.3 Å². The van der Waals surface area contributed by atoms with Crippen LogP contribution in [0.4, 0.5) is 21.5 Å². The fourth-order valence-corrected chi connectivity index (χ4v) is 3.06. The molecular weight excluding hydrogens is 385 g/mol. The summed E-state index contributed by atoms with van der Waals surface area (Å²) in [6.07, 6.45) is 0. The monoisotopic (exact) mass is 393 g/mol. The summed E-state index contributed by atoms with van der Waals surface area (Å²) in [5, 5.41) is 8.04. The molecule has 0 unspecified atom stereocenters. The summed E-state index contributed by atoms with van der Waals surface area (Å²) in [6.45, 7) is 0. The minimum absolute atomic E-state index is 0.103. The van der Waals surface area contributed by atoms with Crippen molar-refractivity contribution in [3.63, 3.8) is 0 Å². The van der Waals surface area contributed by atoms with Crippen LogP contribution in [0, 0.1) is 5.82 Å². The van der Waals surface area contributed by atoms with Gasteiger partial charge in [-0.3, -0.25) is 0 Å². The molecule has 112 valence electrons. The smallest absolute Gasteiger partial charge is 0.238 e. The number of halogens is 3. The van der Waals surface area contributed by atoms with Crippen LogP contribution in [0.1, 0.15) is 0 Å².